The van der Waals surface area contributed by atoms with Crippen molar-refractivity contribution >= 4 is 5.97 Å². The van der Waals surface area contributed by atoms with Gasteiger partial charge >= 0.3 is 5.97 Å². The van der Waals surface area contributed by atoms with Crippen molar-refractivity contribution in [2.45, 2.75) is 103 Å². The molecule has 0 aliphatic heterocycles. The fourth-order valence-corrected chi connectivity index (χ4v) is 5.12. The molecule has 1 aromatic rings. The van der Waals surface area contributed by atoms with Crippen LogP contribution in [0.15, 0.2) is 36.4 Å². The van der Waals surface area contributed by atoms with Crippen molar-refractivity contribution in [1.82, 2.24) is 0 Å². The van der Waals surface area contributed by atoms with Crippen molar-refractivity contribution in [3.05, 3.63) is 47.5 Å². The molecule has 0 unspecified atom stereocenters. The van der Waals surface area contributed by atoms with Gasteiger partial charge in [0.05, 0.1) is 5.56 Å². The average molecular weight is 435 g/mol. The van der Waals surface area contributed by atoms with Crippen LogP contribution in [0, 0.1) is 29.6 Å². The fraction of sp³-hybridized carbons (Fsp3) is 0.633. The number of allylic oxidation sites excluding steroid dienone is 2. The number of ether oxygens (including phenoxy) is 1. The average Bonchev–Trinajstić information content (AvgIpc) is 2.84. The molecule has 0 radical (unpaired) electrons. The zero-order valence-electron chi connectivity index (χ0n) is 20.3. The van der Waals surface area contributed by atoms with E-state index >= 15 is 0 Å². The van der Waals surface area contributed by atoms with E-state index < -0.39 is 0 Å². The molecule has 0 aromatic heterocycles. The normalized spacial score (nSPS) is 25.8. The number of hydrogen-bond acceptors (Lipinski definition) is 2. The number of rotatable bonds is 8. The third-order valence-corrected chi connectivity index (χ3v) is 7.39. The first-order chi connectivity index (χ1) is 15.7. The Morgan fingerprint density at radius 2 is 1.69 bits per heavy atom. The van der Waals surface area contributed by atoms with Gasteiger partial charge in [0.15, 0.2) is 0 Å². The molecule has 2 nitrogen and oxygen atoms in total. The van der Waals surface area contributed by atoms with Crippen molar-refractivity contribution in [3.63, 3.8) is 0 Å². The molecule has 2 aliphatic rings. The number of benzene rings is 1. The summed E-state index contributed by atoms with van der Waals surface area (Å²) in [6, 6.07) is 7.78. The van der Waals surface area contributed by atoms with Gasteiger partial charge in [0.2, 0.25) is 0 Å². The third kappa shape index (κ3) is 8.16. The number of carbonyl (C=O) groups excluding carboxylic acids is 1. The summed E-state index contributed by atoms with van der Waals surface area (Å²) < 4.78 is 5.74. The molecule has 2 aliphatic carbocycles. The van der Waals surface area contributed by atoms with Crippen molar-refractivity contribution in [2.24, 2.45) is 17.8 Å². The van der Waals surface area contributed by atoms with E-state index in [1.165, 1.54) is 56.9 Å². The zero-order chi connectivity index (χ0) is 22.6. The number of aryl methyl sites for hydroxylation is 1. The Bertz CT molecular complexity index is 763. The minimum absolute atomic E-state index is 0.0365. The van der Waals surface area contributed by atoms with Crippen molar-refractivity contribution < 1.29 is 9.53 Å². The van der Waals surface area contributed by atoms with E-state index in [2.05, 4.69) is 37.8 Å². The Kier molecular flexibility index (Phi) is 10.4. The van der Waals surface area contributed by atoms with Crippen LogP contribution in [0.25, 0.3) is 0 Å². The second-order valence-electron chi connectivity index (χ2n) is 9.85. The van der Waals surface area contributed by atoms with E-state index in [1.54, 1.807) is 0 Å². The molecule has 3 rings (SSSR count). The standard InChI is InChI=1S/C30H42O2/c1-3-5-6-9-25-12-14-26(15-13-25)10-7-8-11-27-18-22-29(23-19-27)32-30(31)28-20-16-24(4-2)17-21-28/h7,10,16-17,20-21,25-27,29H,3-6,9,12-15,18-19,22-23H2,1-2H3. The Balaban J connectivity index is 1.33. The predicted molar refractivity (Wildman–Crippen MR) is 133 cm³/mol. The summed E-state index contributed by atoms with van der Waals surface area (Å²) >= 11 is 0. The lowest BCUT2D eigenvalue weighted by atomic mass is 9.79. The van der Waals surface area contributed by atoms with Gasteiger partial charge in [0, 0.05) is 5.92 Å². The zero-order valence-corrected chi connectivity index (χ0v) is 20.3. The SMILES string of the molecule is CCCCCC1CCC(C=CC#CC2CCC(OC(=O)c3ccc(CC)cc3)CC2)CC1. The summed E-state index contributed by atoms with van der Waals surface area (Å²) in [7, 11) is 0. The lowest BCUT2D eigenvalue weighted by Crippen LogP contribution is -2.24. The van der Waals surface area contributed by atoms with E-state index in [9.17, 15) is 4.79 Å². The second-order valence-corrected chi connectivity index (χ2v) is 9.85. The van der Waals surface area contributed by atoms with E-state index in [-0.39, 0.29) is 12.1 Å². The number of hydrogen-bond donors (Lipinski definition) is 0. The minimum Gasteiger partial charge on any atom is -0.459 e. The first-order valence-corrected chi connectivity index (χ1v) is 13.2. The maximum Gasteiger partial charge on any atom is 0.338 e. The van der Waals surface area contributed by atoms with Crippen LogP contribution in [0.3, 0.4) is 0 Å². The summed E-state index contributed by atoms with van der Waals surface area (Å²) in [6.45, 7) is 4.40. The molecular weight excluding hydrogens is 392 g/mol. The highest BCUT2D eigenvalue weighted by molar-refractivity contribution is 5.89. The van der Waals surface area contributed by atoms with Gasteiger partial charge in [-0.3, -0.25) is 0 Å². The summed E-state index contributed by atoms with van der Waals surface area (Å²) in [5.74, 6) is 8.70. The quantitative estimate of drug-likeness (QED) is 0.236. The summed E-state index contributed by atoms with van der Waals surface area (Å²) in [6.07, 6.45) is 20.4. The maximum atomic E-state index is 12.4. The highest BCUT2D eigenvalue weighted by atomic mass is 16.5. The van der Waals surface area contributed by atoms with E-state index in [4.69, 9.17) is 4.74 Å². The predicted octanol–water partition coefficient (Wildman–Crippen LogP) is 7.91. The molecule has 1 aromatic carbocycles. The monoisotopic (exact) mass is 434 g/mol. The molecule has 0 spiro atoms. The van der Waals surface area contributed by atoms with Crippen molar-refractivity contribution in [3.8, 4) is 11.8 Å². The molecular formula is C30H42O2. The van der Waals surface area contributed by atoms with Crippen LogP contribution in [-0.4, -0.2) is 12.1 Å². The smallest absolute Gasteiger partial charge is 0.338 e. The summed E-state index contributed by atoms with van der Waals surface area (Å²) in [4.78, 5) is 12.4. The first-order valence-electron chi connectivity index (χ1n) is 13.2. The Labute approximate surface area is 196 Å². The van der Waals surface area contributed by atoms with Crippen LogP contribution in [0.1, 0.15) is 107 Å². The molecule has 0 N–H and O–H groups in total. The molecule has 2 saturated carbocycles. The molecule has 2 heteroatoms. The molecule has 32 heavy (non-hydrogen) atoms. The van der Waals surface area contributed by atoms with Crippen LogP contribution in [0.4, 0.5) is 0 Å². The lowest BCUT2D eigenvalue weighted by molar-refractivity contribution is 0.0188. The fourth-order valence-electron chi connectivity index (χ4n) is 5.12. The molecule has 0 heterocycles. The molecule has 0 atom stereocenters. The third-order valence-electron chi connectivity index (χ3n) is 7.39. The largest absolute Gasteiger partial charge is 0.459 e. The minimum atomic E-state index is -0.190. The molecule has 174 valence electrons. The van der Waals surface area contributed by atoms with Gasteiger partial charge in [0.1, 0.15) is 6.10 Å². The Morgan fingerprint density at radius 3 is 2.34 bits per heavy atom. The number of esters is 1. The summed E-state index contributed by atoms with van der Waals surface area (Å²) in [5, 5.41) is 0. The van der Waals surface area contributed by atoms with Gasteiger partial charge in [-0.25, -0.2) is 4.79 Å². The van der Waals surface area contributed by atoms with Gasteiger partial charge in [-0.2, -0.15) is 0 Å². The van der Waals surface area contributed by atoms with Gasteiger partial charge in [-0.15, -0.1) is 0 Å². The number of carbonyl (C=O) groups is 1. The van der Waals surface area contributed by atoms with Gasteiger partial charge in [0.25, 0.3) is 0 Å². The molecule has 2 fully saturated rings. The number of unbranched alkanes of at least 4 members (excludes halogenated alkanes) is 2. The molecule has 0 amide bonds. The summed E-state index contributed by atoms with van der Waals surface area (Å²) in [5.41, 5.74) is 1.90. The van der Waals surface area contributed by atoms with Gasteiger partial charge in [-0.1, -0.05) is 69.6 Å². The van der Waals surface area contributed by atoms with E-state index in [0.29, 0.717) is 11.5 Å². The lowest BCUT2D eigenvalue weighted by Gasteiger charge is -2.26. The second kappa shape index (κ2) is 13.5. The van der Waals surface area contributed by atoms with Crippen LogP contribution < -0.4 is 0 Å². The van der Waals surface area contributed by atoms with Crippen molar-refractivity contribution in [2.75, 3.05) is 0 Å². The maximum absolute atomic E-state index is 12.4. The Morgan fingerprint density at radius 1 is 0.969 bits per heavy atom. The molecule has 0 bridgehead atoms. The van der Waals surface area contributed by atoms with Crippen LogP contribution in [0.2, 0.25) is 0 Å². The highest BCUT2D eigenvalue weighted by Gasteiger charge is 2.23. The topological polar surface area (TPSA) is 26.3 Å². The van der Waals surface area contributed by atoms with Crippen LogP contribution in [0.5, 0.6) is 0 Å². The van der Waals surface area contributed by atoms with Crippen LogP contribution >= 0.6 is 0 Å². The van der Waals surface area contributed by atoms with Crippen molar-refractivity contribution in [1.29, 1.82) is 0 Å². The first kappa shape index (κ1) is 24.6. The van der Waals surface area contributed by atoms with Crippen LogP contribution in [-0.2, 0) is 11.2 Å². The van der Waals surface area contributed by atoms with E-state index in [0.717, 1.165) is 43.9 Å². The molecule has 0 saturated heterocycles. The highest BCUT2D eigenvalue weighted by Crippen LogP contribution is 2.32. The van der Waals surface area contributed by atoms with E-state index in [1.807, 2.05) is 24.3 Å². The van der Waals surface area contributed by atoms with Gasteiger partial charge < -0.3 is 4.74 Å². The van der Waals surface area contributed by atoms with Gasteiger partial charge in [-0.05, 0) is 93.4 Å². The Hall–Kier alpha value is -2.01.